The van der Waals surface area contributed by atoms with Gasteiger partial charge in [-0.3, -0.25) is 9.78 Å². The topological polar surface area (TPSA) is 98.8 Å². The summed E-state index contributed by atoms with van der Waals surface area (Å²) >= 11 is 0. The second kappa shape index (κ2) is 7.89. The standard InChI is InChI=1S/C21H17N3O5/c1-27-21(26)13-3-2-4-15(7-13)23-17-8-14(10-22-11-17)20(25)24-16-5-6-18-19(9-16)29-12-28-18/h2-11,23H,12H2,1H3,(H,24,25). The molecule has 8 heteroatoms. The Labute approximate surface area is 166 Å². The molecular weight excluding hydrogens is 374 g/mol. The van der Waals surface area contributed by atoms with Gasteiger partial charge in [0.25, 0.3) is 5.91 Å². The number of aromatic nitrogens is 1. The molecule has 8 nitrogen and oxygen atoms in total. The minimum atomic E-state index is -0.427. The van der Waals surface area contributed by atoms with Crippen LogP contribution in [0.25, 0.3) is 0 Å². The lowest BCUT2D eigenvalue weighted by Crippen LogP contribution is -2.12. The fourth-order valence-corrected chi connectivity index (χ4v) is 2.82. The summed E-state index contributed by atoms with van der Waals surface area (Å²) < 4.78 is 15.3. The average molecular weight is 391 g/mol. The Morgan fingerprint density at radius 3 is 2.62 bits per heavy atom. The Morgan fingerprint density at radius 1 is 0.931 bits per heavy atom. The van der Waals surface area contributed by atoms with E-state index in [1.54, 1.807) is 54.7 Å². The number of fused-ring (bicyclic) bond motifs is 1. The van der Waals surface area contributed by atoms with Crippen molar-refractivity contribution in [1.82, 2.24) is 4.98 Å². The predicted molar refractivity (Wildman–Crippen MR) is 106 cm³/mol. The number of benzene rings is 2. The van der Waals surface area contributed by atoms with Gasteiger partial charge in [-0.25, -0.2) is 4.79 Å². The number of nitrogens with zero attached hydrogens (tertiary/aromatic N) is 1. The zero-order valence-corrected chi connectivity index (χ0v) is 15.5. The summed E-state index contributed by atoms with van der Waals surface area (Å²) in [5.41, 5.74) is 2.65. The molecule has 0 fully saturated rings. The van der Waals surface area contributed by atoms with Crippen LogP contribution >= 0.6 is 0 Å². The molecule has 1 aliphatic heterocycles. The zero-order valence-electron chi connectivity index (χ0n) is 15.5. The van der Waals surface area contributed by atoms with Gasteiger partial charge in [0.15, 0.2) is 11.5 Å². The van der Waals surface area contributed by atoms with Crippen LogP contribution < -0.4 is 20.1 Å². The highest BCUT2D eigenvalue weighted by atomic mass is 16.7. The number of esters is 1. The molecule has 1 amide bonds. The van der Waals surface area contributed by atoms with E-state index in [2.05, 4.69) is 15.6 Å². The molecule has 0 saturated carbocycles. The Hall–Kier alpha value is -4.07. The SMILES string of the molecule is COC(=O)c1cccc(Nc2cncc(C(=O)Nc3ccc4c(c3)OCO4)c2)c1. The maximum atomic E-state index is 12.6. The molecule has 29 heavy (non-hydrogen) atoms. The third kappa shape index (κ3) is 4.11. The first-order chi connectivity index (χ1) is 14.1. The van der Waals surface area contributed by atoms with E-state index >= 15 is 0 Å². The molecular formula is C21H17N3O5. The molecule has 3 aromatic rings. The van der Waals surface area contributed by atoms with Gasteiger partial charge in [0.05, 0.1) is 30.1 Å². The van der Waals surface area contributed by atoms with Gasteiger partial charge in [-0.15, -0.1) is 0 Å². The van der Waals surface area contributed by atoms with Gasteiger partial charge in [0.1, 0.15) is 0 Å². The molecule has 146 valence electrons. The maximum absolute atomic E-state index is 12.6. The second-order valence-corrected chi connectivity index (χ2v) is 6.18. The smallest absolute Gasteiger partial charge is 0.337 e. The van der Waals surface area contributed by atoms with Crippen molar-refractivity contribution in [1.29, 1.82) is 0 Å². The molecule has 2 N–H and O–H groups in total. The van der Waals surface area contributed by atoms with Crippen LogP contribution in [0.5, 0.6) is 11.5 Å². The monoisotopic (exact) mass is 391 g/mol. The molecule has 0 bridgehead atoms. The molecule has 2 aromatic carbocycles. The first-order valence-electron chi connectivity index (χ1n) is 8.74. The minimum Gasteiger partial charge on any atom is -0.465 e. The predicted octanol–water partition coefficient (Wildman–Crippen LogP) is 3.59. The van der Waals surface area contributed by atoms with Gasteiger partial charge in [0, 0.05) is 23.6 Å². The van der Waals surface area contributed by atoms with Crippen molar-refractivity contribution in [3.63, 3.8) is 0 Å². The molecule has 4 rings (SSSR count). The lowest BCUT2D eigenvalue weighted by atomic mass is 10.2. The summed E-state index contributed by atoms with van der Waals surface area (Å²) in [5.74, 6) is 0.485. The van der Waals surface area contributed by atoms with Crippen LogP contribution in [0, 0.1) is 0 Å². The van der Waals surface area contributed by atoms with E-state index in [9.17, 15) is 9.59 Å². The highest BCUT2D eigenvalue weighted by Gasteiger charge is 2.15. The highest BCUT2D eigenvalue weighted by Crippen LogP contribution is 2.34. The van der Waals surface area contributed by atoms with E-state index in [0.29, 0.717) is 39.7 Å². The van der Waals surface area contributed by atoms with Gasteiger partial charge in [0.2, 0.25) is 6.79 Å². The van der Waals surface area contributed by atoms with E-state index in [1.807, 2.05) is 0 Å². The summed E-state index contributed by atoms with van der Waals surface area (Å²) in [6.07, 6.45) is 3.06. The highest BCUT2D eigenvalue weighted by molar-refractivity contribution is 6.04. The number of carbonyl (C=O) groups is 2. The minimum absolute atomic E-state index is 0.168. The van der Waals surface area contributed by atoms with Crippen LogP contribution in [-0.2, 0) is 4.74 Å². The number of pyridine rings is 1. The molecule has 1 aromatic heterocycles. The van der Waals surface area contributed by atoms with Crippen molar-refractivity contribution in [3.8, 4) is 11.5 Å². The first-order valence-corrected chi connectivity index (χ1v) is 8.74. The Kier molecular flexibility index (Phi) is 4.98. The molecule has 0 radical (unpaired) electrons. The van der Waals surface area contributed by atoms with Crippen molar-refractivity contribution in [3.05, 3.63) is 72.1 Å². The quantitative estimate of drug-likeness (QED) is 0.641. The Bertz CT molecular complexity index is 1080. The van der Waals surface area contributed by atoms with Crippen LogP contribution in [0.3, 0.4) is 0 Å². The summed E-state index contributed by atoms with van der Waals surface area (Å²) in [5, 5.41) is 5.94. The van der Waals surface area contributed by atoms with E-state index in [0.717, 1.165) is 0 Å². The summed E-state index contributed by atoms with van der Waals surface area (Å²) in [4.78, 5) is 28.4. The number of hydrogen-bond donors (Lipinski definition) is 2. The van der Waals surface area contributed by atoms with Gasteiger partial charge >= 0.3 is 5.97 Å². The molecule has 0 saturated heterocycles. The van der Waals surface area contributed by atoms with Gasteiger partial charge < -0.3 is 24.8 Å². The molecule has 0 aliphatic carbocycles. The number of nitrogens with one attached hydrogen (secondary N) is 2. The normalized spacial score (nSPS) is 11.6. The molecule has 0 spiro atoms. The van der Waals surface area contributed by atoms with Crippen molar-refractivity contribution in [2.45, 2.75) is 0 Å². The molecule has 2 heterocycles. The Morgan fingerprint density at radius 2 is 1.76 bits per heavy atom. The van der Waals surface area contributed by atoms with Crippen LogP contribution in [0.15, 0.2) is 60.9 Å². The van der Waals surface area contributed by atoms with E-state index in [4.69, 9.17) is 14.2 Å². The van der Waals surface area contributed by atoms with Gasteiger partial charge in [-0.2, -0.15) is 0 Å². The first kappa shape index (κ1) is 18.3. The van der Waals surface area contributed by atoms with Crippen LogP contribution in [0.4, 0.5) is 17.1 Å². The Balaban J connectivity index is 1.48. The zero-order chi connectivity index (χ0) is 20.2. The number of methoxy groups -OCH3 is 1. The fraction of sp³-hybridized carbons (Fsp3) is 0.0952. The number of hydrogen-bond acceptors (Lipinski definition) is 7. The van der Waals surface area contributed by atoms with Crippen LogP contribution in [0.2, 0.25) is 0 Å². The third-order valence-corrected chi connectivity index (χ3v) is 4.20. The summed E-state index contributed by atoms with van der Waals surface area (Å²) in [6.45, 7) is 0.168. The number of ether oxygens (including phenoxy) is 3. The largest absolute Gasteiger partial charge is 0.465 e. The number of anilines is 3. The van der Waals surface area contributed by atoms with Crippen molar-refractivity contribution < 1.29 is 23.8 Å². The van der Waals surface area contributed by atoms with Crippen molar-refractivity contribution in [2.24, 2.45) is 0 Å². The number of amides is 1. The average Bonchev–Trinajstić information content (AvgIpc) is 3.21. The van der Waals surface area contributed by atoms with E-state index in [-0.39, 0.29) is 12.7 Å². The van der Waals surface area contributed by atoms with Crippen molar-refractivity contribution >= 4 is 28.9 Å². The third-order valence-electron chi connectivity index (χ3n) is 4.20. The van der Waals surface area contributed by atoms with Crippen LogP contribution in [0.1, 0.15) is 20.7 Å². The maximum Gasteiger partial charge on any atom is 0.337 e. The van der Waals surface area contributed by atoms with Gasteiger partial charge in [-0.1, -0.05) is 6.07 Å². The molecule has 0 unspecified atom stereocenters. The lowest BCUT2D eigenvalue weighted by molar-refractivity contribution is 0.0600. The van der Waals surface area contributed by atoms with Crippen LogP contribution in [-0.4, -0.2) is 30.8 Å². The fourth-order valence-electron chi connectivity index (χ4n) is 2.82. The lowest BCUT2D eigenvalue weighted by Gasteiger charge is -2.10. The van der Waals surface area contributed by atoms with Gasteiger partial charge in [-0.05, 0) is 36.4 Å². The molecule has 1 aliphatic rings. The summed E-state index contributed by atoms with van der Waals surface area (Å²) in [7, 11) is 1.33. The van der Waals surface area contributed by atoms with E-state index in [1.165, 1.54) is 13.3 Å². The van der Waals surface area contributed by atoms with E-state index < -0.39 is 5.97 Å². The number of rotatable bonds is 5. The van der Waals surface area contributed by atoms with Crippen molar-refractivity contribution in [2.75, 3.05) is 24.5 Å². The second-order valence-electron chi connectivity index (χ2n) is 6.18. The molecule has 0 atom stereocenters. The number of carbonyl (C=O) groups excluding carboxylic acids is 2. The summed E-state index contributed by atoms with van der Waals surface area (Å²) in [6, 6.07) is 13.7.